The Morgan fingerprint density at radius 1 is 1.41 bits per heavy atom. The molecule has 0 aliphatic heterocycles. The molecule has 4 nitrogen and oxygen atoms in total. The number of hydrogen-bond donors (Lipinski definition) is 2. The highest BCUT2D eigenvalue weighted by molar-refractivity contribution is 5.78. The average molecular weight is 231 g/mol. The monoisotopic (exact) mass is 231 g/mol. The number of nitrogens with one attached hydrogen (secondary N) is 2. The second-order valence-corrected chi connectivity index (χ2v) is 3.88. The lowest BCUT2D eigenvalue weighted by atomic mass is 10.0. The Morgan fingerprint density at radius 2 is 2.12 bits per heavy atom. The molecule has 1 aromatic carbocycles. The Labute approximate surface area is 102 Å². The molecule has 0 bridgehead atoms. The van der Waals surface area contributed by atoms with E-state index in [1.807, 2.05) is 24.3 Å². The van der Waals surface area contributed by atoms with E-state index in [1.165, 1.54) is 5.56 Å². The van der Waals surface area contributed by atoms with E-state index in [0.29, 0.717) is 5.92 Å². The van der Waals surface area contributed by atoms with E-state index in [1.54, 1.807) is 0 Å². The molecule has 0 aromatic heterocycles. The summed E-state index contributed by atoms with van der Waals surface area (Å²) in [5, 5.41) is 13.8. The molecular formula is C13H17N3O. The first kappa shape index (κ1) is 13.2. The topological polar surface area (TPSA) is 64.9 Å². The molecule has 0 fully saturated rings. The van der Waals surface area contributed by atoms with Gasteiger partial charge in [0.25, 0.3) is 0 Å². The zero-order valence-corrected chi connectivity index (χ0v) is 9.94. The summed E-state index contributed by atoms with van der Waals surface area (Å²) in [4.78, 5) is 11.2. The van der Waals surface area contributed by atoms with Crippen LogP contribution >= 0.6 is 0 Å². The van der Waals surface area contributed by atoms with Gasteiger partial charge >= 0.3 is 0 Å². The van der Waals surface area contributed by atoms with Crippen molar-refractivity contribution in [2.75, 3.05) is 19.6 Å². The fraction of sp³-hybridized carbons (Fsp3) is 0.385. The minimum absolute atomic E-state index is 0.0642. The lowest BCUT2D eigenvalue weighted by molar-refractivity contribution is -0.120. The van der Waals surface area contributed by atoms with Gasteiger partial charge in [0, 0.05) is 6.54 Å². The third-order valence-corrected chi connectivity index (χ3v) is 2.47. The van der Waals surface area contributed by atoms with E-state index >= 15 is 0 Å². The maximum atomic E-state index is 11.2. The molecule has 0 radical (unpaired) electrons. The molecule has 0 saturated heterocycles. The van der Waals surface area contributed by atoms with Crippen molar-refractivity contribution in [3.05, 3.63) is 35.9 Å². The summed E-state index contributed by atoms with van der Waals surface area (Å²) in [6.45, 7) is 3.16. The predicted octanol–water partition coefficient (Wildman–Crippen LogP) is 1.02. The molecule has 1 aromatic rings. The normalized spacial score (nSPS) is 11.5. The number of carbonyl (C=O) groups excluding carboxylic acids is 1. The van der Waals surface area contributed by atoms with E-state index in [2.05, 4.69) is 29.7 Å². The van der Waals surface area contributed by atoms with Gasteiger partial charge in [-0.15, -0.1) is 0 Å². The molecule has 2 N–H and O–H groups in total. The van der Waals surface area contributed by atoms with Crippen LogP contribution in [0.1, 0.15) is 18.4 Å². The van der Waals surface area contributed by atoms with Crippen molar-refractivity contribution in [1.29, 1.82) is 5.26 Å². The summed E-state index contributed by atoms with van der Waals surface area (Å²) in [5.41, 5.74) is 1.25. The van der Waals surface area contributed by atoms with Crippen LogP contribution in [0.2, 0.25) is 0 Å². The summed E-state index contributed by atoms with van der Waals surface area (Å²) < 4.78 is 0. The van der Waals surface area contributed by atoms with E-state index in [9.17, 15) is 4.79 Å². The molecule has 0 heterocycles. The van der Waals surface area contributed by atoms with Gasteiger partial charge in [0.1, 0.15) is 6.54 Å². The zero-order chi connectivity index (χ0) is 12.5. The van der Waals surface area contributed by atoms with Gasteiger partial charge in [0.2, 0.25) is 5.91 Å². The molecule has 17 heavy (non-hydrogen) atoms. The van der Waals surface area contributed by atoms with Gasteiger partial charge in [0.15, 0.2) is 0 Å². The van der Waals surface area contributed by atoms with Crippen LogP contribution in [0.4, 0.5) is 0 Å². The van der Waals surface area contributed by atoms with Crippen molar-refractivity contribution in [2.45, 2.75) is 12.8 Å². The van der Waals surface area contributed by atoms with Gasteiger partial charge in [-0.25, -0.2) is 0 Å². The zero-order valence-electron chi connectivity index (χ0n) is 9.94. The van der Waals surface area contributed by atoms with Crippen molar-refractivity contribution in [1.82, 2.24) is 10.6 Å². The van der Waals surface area contributed by atoms with Crippen LogP contribution < -0.4 is 10.6 Å². The van der Waals surface area contributed by atoms with Crippen LogP contribution in [-0.4, -0.2) is 25.5 Å². The highest BCUT2D eigenvalue weighted by Gasteiger charge is 2.05. The van der Waals surface area contributed by atoms with Gasteiger partial charge in [-0.3, -0.25) is 4.79 Å². The fourth-order valence-corrected chi connectivity index (χ4v) is 1.50. The second-order valence-electron chi connectivity index (χ2n) is 3.88. The summed E-state index contributed by atoms with van der Waals surface area (Å²) in [5.74, 6) is 0.215. The maximum absolute atomic E-state index is 11.2. The average Bonchev–Trinajstić information content (AvgIpc) is 2.37. The Morgan fingerprint density at radius 3 is 2.76 bits per heavy atom. The molecule has 0 aliphatic rings. The number of hydrogen-bond acceptors (Lipinski definition) is 3. The quantitative estimate of drug-likeness (QED) is 0.718. The van der Waals surface area contributed by atoms with Crippen molar-refractivity contribution in [2.24, 2.45) is 0 Å². The van der Waals surface area contributed by atoms with Crippen molar-refractivity contribution in [3.63, 3.8) is 0 Å². The van der Waals surface area contributed by atoms with Gasteiger partial charge in [0.05, 0.1) is 12.6 Å². The first-order chi connectivity index (χ1) is 8.24. The fourth-order valence-electron chi connectivity index (χ4n) is 1.50. The molecule has 1 amide bonds. The Balaban J connectivity index is 2.23. The number of carbonyl (C=O) groups is 1. The van der Waals surface area contributed by atoms with Crippen LogP contribution in [0.15, 0.2) is 30.3 Å². The van der Waals surface area contributed by atoms with Crippen LogP contribution in [0.25, 0.3) is 0 Å². The van der Waals surface area contributed by atoms with Gasteiger partial charge in [-0.05, 0) is 11.5 Å². The molecule has 1 rings (SSSR count). The molecule has 1 unspecified atom stereocenters. The molecule has 0 spiro atoms. The van der Waals surface area contributed by atoms with E-state index < -0.39 is 0 Å². The van der Waals surface area contributed by atoms with E-state index in [0.717, 1.165) is 6.54 Å². The predicted molar refractivity (Wildman–Crippen MR) is 66.3 cm³/mol. The molecule has 90 valence electrons. The van der Waals surface area contributed by atoms with Crippen molar-refractivity contribution >= 4 is 5.91 Å². The summed E-state index contributed by atoms with van der Waals surface area (Å²) in [7, 11) is 0. The molecule has 4 heteroatoms. The lowest BCUT2D eigenvalue weighted by Crippen LogP contribution is -2.35. The van der Waals surface area contributed by atoms with Crippen molar-refractivity contribution < 1.29 is 4.79 Å². The first-order valence-corrected chi connectivity index (χ1v) is 5.63. The Hall–Kier alpha value is -1.86. The van der Waals surface area contributed by atoms with Gasteiger partial charge < -0.3 is 10.6 Å². The second kappa shape index (κ2) is 7.42. The molecule has 0 aliphatic carbocycles. The third-order valence-electron chi connectivity index (χ3n) is 2.47. The number of nitriles is 1. The SMILES string of the molecule is CC(CNCC(=O)NCC#N)c1ccccc1. The number of amides is 1. The lowest BCUT2D eigenvalue weighted by Gasteiger charge is -2.12. The highest BCUT2D eigenvalue weighted by Crippen LogP contribution is 2.12. The largest absolute Gasteiger partial charge is 0.342 e. The summed E-state index contributed by atoms with van der Waals surface area (Å²) in [6.07, 6.45) is 0. The summed E-state index contributed by atoms with van der Waals surface area (Å²) in [6, 6.07) is 12.0. The Bertz CT molecular complexity index is 383. The minimum atomic E-state index is -0.146. The van der Waals surface area contributed by atoms with Crippen LogP contribution in [0.5, 0.6) is 0 Å². The molecule has 0 saturated carbocycles. The van der Waals surface area contributed by atoms with Crippen LogP contribution in [0, 0.1) is 11.3 Å². The minimum Gasteiger partial charge on any atom is -0.342 e. The third kappa shape index (κ3) is 5.14. The number of benzene rings is 1. The van der Waals surface area contributed by atoms with Crippen LogP contribution in [-0.2, 0) is 4.79 Å². The first-order valence-electron chi connectivity index (χ1n) is 5.63. The number of nitrogens with zero attached hydrogens (tertiary/aromatic N) is 1. The Kier molecular flexibility index (Phi) is 5.76. The van der Waals surface area contributed by atoms with Gasteiger partial charge in [-0.1, -0.05) is 37.3 Å². The van der Waals surface area contributed by atoms with Crippen molar-refractivity contribution in [3.8, 4) is 6.07 Å². The van der Waals surface area contributed by atoms with Crippen LogP contribution in [0.3, 0.4) is 0 Å². The van der Waals surface area contributed by atoms with E-state index in [4.69, 9.17) is 5.26 Å². The molecular weight excluding hydrogens is 214 g/mol. The maximum Gasteiger partial charge on any atom is 0.234 e. The van der Waals surface area contributed by atoms with Gasteiger partial charge in [-0.2, -0.15) is 5.26 Å². The molecule has 1 atom stereocenters. The standard InChI is InChI=1S/C13H17N3O/c1-11(12-5-3-2-4-6-12)9-15-10-13(17)16-8-7-14/h2-6,11,15H,8-10H2,1H3,(H,16,17). The van der Waals surface area contributed by atoms with E-state index in [-0.39, 0.29) is 19.0 Å². The summed E-state index contributed by atoms with van der Waals surface area (Å²) >= 11 is 0. The smallest absolute Gasteiger partial charge is 0.234 e. The number of rotatable bonds is 6. The highest BCUT2D eigenvalue weighted by atomic mass is 16.1.